The molecule has 1 aromatic carbocycles. The Kier molecular flexibility index (Phi) is 5.71. The SMILES string of the molecule is CCCc1cc(C(=O)N2CCC[C@@](CO)(Cc3ccc(F)cc3)C2)no1. The highest BCUT2D eigenvalue weighted by Gasteiger charge is 2.37. The highest BCUT2D eigenvalue weighted by molar-refractivity contribution is 5.92. The third-order valence-corrected chi connectivity index (χ3v) is 5.05. The third kappa shape index (κ3) is 4.12. The highest BCUT2D eigenvalue weighted by Crippen LogP contribution is 2.34. The van der Waals surface area contributed by atoms with Crippen LogP contribution >= 0.6 is 0 Å². The number of carbonyl (C=O) groups excluding carboxylic acids is 1. The largest absolute Gasteiger partial charge is 0.396 e. The molecule has 1 aliphatic heterocycles. The number of halogens is 1. The van der Waals surface area contributed by atoms with Crippen LogP contribution in [0.25, 0.3) is 0 Å². The van der Waals surface area contributed by atoms with E-state index in [9.17, 15) is 14.3 Å². The van der Waals surface area contributed by atoms with Crippen molar-refractivity contribution in [2.45, 2.75) is 39.0 Å². The van der Waals surface area contributed by atoms with Crippen molar-refractivity contribution in [2.75, 3.05) is 19.7 Å². The van der Waals surface area contributed by atoms with Crippen LogP contribution in [0.4, 0.5) is 4.39 Å². The summed E-state index contributed by atoms with van der Waals surface area (Å²) < 4.78 is 18.4. The van der Waals surface area contributed by atoms with Gasteiger partial charge in [-0.2, -0.15) is 0 Å². The number of benzene rings is 1. The number of aliphatic hydroxyl groups is 1. The van der Waals surface area contributed by atoms with E-state index in [4.69, 9.17) is 4.52 Å². The van der Waals surface area contributed by atoms with Crippen molar-refractivity contribution < 1.29 is 18.8 Å². The molecule has 0 radical (unpaired) electrons. The van der Waals surface area contributed by atoms with Gasteiger partial charge >= 0.3 is 0 Å². The fraction of sp³-hybridized carbons (Fsp3) is 0.500. The molecule has 1 aromatic heterocycles. The first-order valence-corrected chi connectivity index (χ1v) is 9.15. The van der Waals surface area contributed by atoms with Crippen LogP contribution in [0.2, 0.25) is 0 Å². The van der Waals surface area contributed by atoms with Crippen LogP contribution in [0, 0.1) is 11.2 Å². The average Bonchev–Trinajstić information content (AvgIpc) is 3.12. The number of aliphatic hydroxyl groups excluding tert-OH is 1. The average molecular weight is 360 g/mol. The third-order valence-electron chi connectivity index (χ3n) is 5.05. The second kappa shape index (κ2) is 7.99. The summed E-state index contributed by atoms with van der Waals surface area (Å²) in [6, 6.07) is 8.04. The number of piperidine rings is 1. The minimum atomic E-state index is -0.415. The second-order valence-electron chi connectivity index (χ2n) is 7.22. The molecule has 1 amide bonds. The normalized spacial score (nSPS) is 20.3. The van der Waals surface area contributed by atoms with Crippen molar-refractivity contribution >= 4 is 5.91 Å². The van der Waals surface area contributed by atoms with Crippen molar-refractivity contribution in [3.63, 3.8) is 0 Å². The molecule has 5 nitrogen and oxygen atoms in total. The standard InChI is InChI=1S/C20H25FN2O3/c1-2-4-17-11-18(22-26-17)19(25)23-10-3-9-20(13-23,14-24)12-15-5-7-16(21)8-6-15/h5-8,11,24H,2-4,9-10,12-14H2,1H3/t20-/m1/s1. The lowest BCUT2D eigenvalue weighted by atomic mass is 9.75. The number of rotatable bonds is 6. The summed E-state index contributed by atoms with van der Waals surface area (Å²) in [5.74, 6) is 0.279. The van der Waals surface area contributed by atoms with Crippen molar-refractivity contribution in [3.05, 3.63) is 53.2 Å². The van der Waals surface area contributed by atoms with E-state index in [0.717, 1.165) is 31.2 Å². The fourth-order valence-electron chi connectivity index (χ4n) is 3.69. The number of hydrogen-bond donors (Lipinski definition) is 1. The fourth-order valence-corrected chi connectivity index (χ4v) is 3.69. The Morgan fingerprint density at radius 3 is 2.85 bits per heavy atom. The summed E-state index contributed by atoms with van der Waals surface area (Å²) in [7, 11) is 0. The zero-order valence-corrected chi connectivity index (χ0v) is 15.1. The topological polar surface area (TPSA) is 66.6 Å². The Labute approximate surface area is 152 Å². The summed E-state index contributed by atoms with van der Waals surface area (Å²) in [4.78, 5) is 14.5. The molecule has 3 rings (SSSR count). The molecule has 2 heterocycles. The van der Waals surface area contributed by atoms with Crippen LogP contribution in [0.3, 0.4) is 0 Å². The van der Waals surface area contributed by atoms with E-state index in [2.05, 4.69) is 5.16 Å². The van der Waals surface area contributed by atoms with E-state index >= 15 is 0 Å². The quantitative estimate of drug-likeness (QED) is 0.859. The van der Waals surface area contributed by atoms with Gasteiger partial charge in [-0.1, -0.05) is 24.2 Å². The number of likely N-dealkylation sites (tertiary alicyclic amines) is 1. The maximum atomic E-state index is 13.1. The Morgan fingerprint density at radius 2 is 2.15 bits per heavy atom. The molecule has 0 aliphatic carbocycles. The minimum absolute atomic E-state index is 0.0198. The van der Waals surface area contributed by atoms with Crippen molar-refractivity contribution in [2.24, 2.45) is 5.41 Å². The summed E-state index contributed by atoms with van der Waals surface area (Å²) in [6.45, 7) is 3.11. The monoisotopic (exact) mass is 360 g/mol. The summed E-state index contributed by atoms with van der Waals surface area (Å²) in [5.41, 5.74) is 0.868. The van der Waals surface area contributed by atoms with Crippen molar-refractivity contribution in [3.8, 4) is 0 Å². The first-order valence-electron chi connectivity index (χ1n) is 9.15. The molecule has 140 valence electrons. The molecule has 1 saturated heterocycles. The number of aromatic nitrogens is 1. The molecule has 1 fully saturated rings. The van der Waals surface area contributed by atoms with E-state index in [0.29, 0.717) is 31.0 Å². The molecule has 0 spiro atoms. The van der Waals surface area contributed by atoms with Crippen LogP contribution < -0.4 is 0 Å². The molecule has 1 aliphatic rings. The van der Waals surface area contributed by atoms with Gasteiger partial charge in [-0.05, 0) is 43.4 Å². The van der Waals surface area contributed by atoms with Gasteiger partial charge in [-0.3, -0.25) is 4.79 Å². The zero-order valence-electron chi connectivity index (χ0n) is 15.1. The molecule has 1 N–H and O–H groups in total. The molecule has 0 saturated carbocycles. The lowest BCUT2D eigenvalue weighted by molar-refractivity contribution is 0.0265. The van der Waals surface area contributed by atoms with Crippen LogP contribution in [-0.4, -0.2) is 40.8 Å². The van der Waals surface area contributed by atoms with Gasteiger partial charge in [-0.25, -0.2) is 4.39 Å². The van der Waals surface area contributed by atoms with Crippen LogP contribution in [0.5, 0.6) is 0 Å². The zero-order chi connectivity index (χ0) is 18.6. The lowest BCUT2D eigenvalue weighted by Crippen LogP contribution is -2.49. The summed E-state index contributed by atoms with van der Waals surface area (Å²) in [5, 5.41) is 14.0. The van der Waals surface area contributed by atoms with E-state index in [1.165, 1.54) is 12.1 Å². The van der Waals surface area contributed by atoms with Gasteiger partial charge in [0, 0.05) is 31.0 Å². The number of nitrogens with zero attached hydrogens (tertiary/aromatic N) is 2. The minimum Gasteiger partial charge on any atom is -0.396 e. The smallest absolute Gasteiger partial charge is 0.276 e. The lowest BCUT2D eigenvalue weighted by Gasteiger charge is -2.41. The maximum absolute atomic E-state index is 13.1. The van der Waals surface area contributed by atoms with Crippen molar-refractivity contribution in [1.82, 2.24) is 10.1 Å². The number of hydrogen-bond acceptors (Lipinski definition) is 4. The number of amides is 1. The molecular weight excluding hydrogens is 335 g/mol. The van der Waals surface area contributed by atoms with Crippen LogP contribution in [-0.2, 0) is 12.8 Å². The predicted octanol–water partition coefficient (Wildman–Crippen LogP) is 3.22. The molecule has 0 bridgehead atoms. The first-order chi connectivity index (χ1) is 12.5. The Morgan fingerprint density at radius 1 is 1.38 bits per heavy atom. The molecule has 1 atom stereocenters. The second-order valence-corrected chi connectivity index (χ2v) is 7.22. The van der Waals surface area contributed by atoms with Gasteiger partial charge < -0.3 is 14.5 Å². The van der Waals surface area contributed by atoms with Gasteiger partial charge in [0.05, 0.1) is 6.61 Å². The van der Waals surface area contributed by atoms with Gasteiger partial charge in [-0.15, -0.1) is 0 Å². The Balaban J connectivity index is 1.73. The van der Waals surface area contributed by atoms with E-state index in [-0.39, 0.29) is 18.3 Å². The van der Waals surface area contributed by atoms with Gasteiger partial charge in [0.15, 0.2) is 5.69 Å². The van der Waals surface area contributed by atoms with Crippen LogP contribution in [0.1, 0.15) is 48.0 Å². The van der Waals surface area contributed by atoms with Crippen LogP contribution in [0.15, 0.2) is 34.9 Å². The maximum Gasteiger partial charge on any atom is 0.276 e. The molecular formula is C20H25FN2O3. The van der Waals surface area contributed by atoms with E-state index in [1.54, 1.807) is 23.1 Å². The Bertz CT molecular complexity index is 744. The highest BCUT2D eigenvalue weighted by atomic mass is 19.1. The molecule has 2 aromatic rings. The van der Waals surface area contributed by atoms with Crippen molar-refractivity contribution in [1.29, 1.82) is 0 Å². The number of carbonyl (C=O) groups is 1. The molecule has 6 heteroatoms. The van der Waals surface area contributed by atoms with Gasteiger partial charge in [0.25, 0.3) is 5.91 Å². The van der Waals surface area contributed by atoms with E-state index in [1.807, 2.05) is 6.92 Å². The summed E-state index contributed by atoms with van der Waals surface area (Å²) in [6.07, 6.45) is 3.93. The number of aryl methyl sites for hydroxylation is 1. The predicted molar refractivity (Wildman–Crippen MR) is 95.3 cm³/mol. The first kappa shape index (κ1) is 18.6. The molecule has 0 unspecified atom stereocenters. The Hall–Kier alpha value is -2.21. The van der Waals surface area contributed by atoms with Gasteiger partial charge in [0.2, 0.25) is 0 Å². The summed E-state index contributed by atoms with van der Waals surface area (Å²) >= 11 is 0. The van der Waals surface area contributed by atoms with E-state index < -0.39 is 5.41 Å². The van der Waals surface area contributed by atoms with Gasteiger partial charge in [0.1, 0.15) is 11.6 Å². The molecule has 26 heavy (non-hydrogen) atoms.